The molecule has 0 atom stereocenters. The second-order valence-electron chi connectivity index (χ2n) is 4.06. The van der Waals surface area contributed by atoms with Gasteiger partial charge >= 0.3 is 0 Å². The molecule has 0 saturated carbocycles. The third kappa shape index (κ3) is 2.72. The Hall–Kier alpha value is -1.59. The lowest BCUT2D eigenvalue weighted by atomic mass is 10.3. The van der Waals surface area contributed by atoms with Crippen LogP contribution in [0.5, 0.6) is 0 Å². The Labute approximate surface area is 119 Å². The largest absolute Gasteiger partial charge is 0.444 e. The number of hydrogen-bond acceptors (Lipinski definition) is 5. The van der Waals surface area contributed by atoms with Crippen LogP contribution in [0.1, 0.15) is 18.6 Å². The minimum absolute atomic E-state index is 0.535. The number of anilines is 1. The van der Waals surface area contributed by atoms with Crippen LogP contribution in [-0.2, 0) is 13.0 Å². The summed E-state index contributed by atoms with van der Waals surface area (Å²) in [5, 5.41) is 4.78. The predicted octanol–water partition coefficient (Wildman–Crippen LogP) is 4.11. The van der Waals surface area contributed by atoms with Gasteiger partial charge in [-0.1, -0.05) is 29.9 Å². The summed E-state index contributed by atoms with van der Waals surface area (Å²) in [6.07, 6.45) is 2.61. The van der Waals surface area contributed by atoms with Crippen molar-refractivity contribution in [2.45, 2.75) is 19.9 Å². The molecule has 0 radical (unpaired) electrons. The van der Waals surface area contributed by atoms with Crippen LogP contribution in [0.15, 0.2) is 28.8 Å². The monoisotopic (exact) mass is 293 g/mol. The Kier molecular flexibility index (Phi) is 3.40. The fourth-order valence-corrected chi connectivity index (χ4v) is 2.86. The van der Waals surface area contributed by atoms with Crippen LogP contribution >= 0.6 is 22.9 Å². The van der Waals surface area contributed by atoms with Crippen molar-refractivity contribution in [3.8, 4) is 0 Å². The number of thiazole rings is 1. The van der Waals surface area contributed by atoms with Crippen molar-refractivity contribution in [2.24, 2.45) is 0 Å². The maximum absolute atomic E-state index is 5.95. The van der Waals surface area contributed by atoms with E-state index in [9.17, 15) is 0 Å². The first kappa shape index (κ1) is 12.4. The Balaban J connectivity index is 1.74. The van der Waals surface area contributed by atoms with Gasteiger partial charge in [-0.2, -0.15) is 0 Å². The molecule has 98 valence electrons. The van der Waals surface area contributed by atoms with Gasteiger partial charge in [-0.25, -0.2) is 9.97 Å². The maximum Gasteiger partial charge on any atom is 0.213 e. The standard InChI is InChI=1S/C13H12ClN3OS/c1-2-9-6-15-12(18-9)7-16-13-17-10-4-3-8(14)5-11(10)19-13/h3-6H,2,7H2,1H3,(H,16,17). The van der Waals surface area contributed by atoms with Crippen molar-refractivity contribution in [3.63, 3.8) is 0 Å². The summed E-state index contributed by atoms with van der Waals surface area (Å²) in [6, 6.07) is 5.68. The summed E-state index contributed by atoms with van der Waals surface area (Å²) >= 11 is 7.52. The smallest absolute Gasteiger partial charge is 0.213 e. The van der Waals surface area contributed by atoms with Gasteiger partial charge < -0.3 is 9.73 Å². The molecule has 19 heavy (non-hydrogen) atoms. The number of hydrogen-bond donors (Lipinski definition) is 1. The normalized spacial score (nSPS) is 11.1. The molecule has 0 aliphatic carbocycles. The molecule has 2 aromatic heterocycles. The minimum Gasteiger partial charge on any atom is -0.444 e. The summed E-state index contributed by atoms with van der Waals surface area (Å²) in [7, 11) is 0. The number of aryl methyl sites for hydroxylation is 1. The zero-order chi connectivity index (χ0) is 13.2. The third-order valence-electron chi connectivity index (χ3n) is 2.69. The lowest BCUT2D eigenvalue weighted by Gasteiger charge is -1.97. The molecule has 4 nitrogen and oxygen atoms in total. The van der Waals surface area contributed by atoms with E-state index >= 15 is 0 Å². The first-order chi connectivity index (χ1) is 9.24. The molecular weight excluding hydrogens is 282 g/mol. The van der Waals surface area contributed by atoms with Gasteiger partial charge in [0.05, 0.1) is 23.0 Å². The average molecular weight is 294 g/mol. The fourth-order valence-electron chi connectivity index (χ4n) is 1.72. The molecule has 0 unspecified atom stereocenters. The quantitative estimate of drug-likeness (QED) is 0.786. The van der Waals surface area contributed by atoms with E-state index in [1.54, 1.807) is 17.5 Å². The summed E-state index contributed by atoms with van der Waals surface area (Å²) in [6.45, 7) is 2.57. The Morgan fingerprint density at radius 1 is 1.42 bits per heavy atom. The highest BCUT2D eigenvalue weighted by Gasteiger charge is 2.06. The highest BCUT2D eigenvalue weighted by atomic mass is 35.5. The topological polar surface area (TPSA) is 51.0 Å². The molecular formula is C13H12ClN3OS. The summed E-state index contributed by atoms with van der Waals surface area (Å²) in [4.78, 5) is 8.67. The number of aromatic nitrogens is 2. The van der Waals surface area contributed by atoms with E-state index in [-0.39, 0.29) is 0 Å². The molecule has 0 fully saturated rings. The van der Waals surface area contributed by atoms with E-state index in [0.717, 1.165) is 32.6 Å². The summed E-state index contributed by atoms with van der Waals surface area (Å²) in [5.74, 6) is 1.57. The van der Waals surface area contributed by atoms with Crippen molar-refractivity contribution < 1.29 is 4.42 Å². The molecule has 0 spiro atoms. The van der Waals surface area contributed by atoms with Crippen molar-refractivity contribution in [1.29, 1.82) is 0 Å². The average Bonchev–Trinajstić information content (AvgIpc) is 3.01. The van der Waals surface area contributed by atoms with E-state index in [1.165, 1.54) is 0 Å². The molecule has 0 amide bonds. The molecule has 0 bridgehead atoms. The zero-order valence-corrected chi connectivity index (χ0v) is 11.9. The fraction of sp³-hybridized carbons (Fsp3) is 0.231. The zero-order valence-electron chi connectivity index (χ0n) is 10.3. The van der Waals surface area contributed by atoms with Gasteiger partial charge in [0.15, 0.2) is 5.13 Å². The second kappa shape index (κ2) is 5.19. The van der Waals surface area contributed by atoms with Crippen molar-refractivity contribution in [1.82, 2.24) is 9.97 Å². The number of benzene rings is 1. The lowest BCUT2D eigenvalue weighted by molar-refractivity contribution is 0.466. The molecule has 0 saturated heterocycles. The van der Waals surface area contributed by atoms with Crippen LogP contribution < -0.4 is 5.32 Å². The van der Waals surface area contributed by atoms with Gasteiger partial charge in [-0.3, -0.25) is 0 Å². The van der Waals surface area contributed by atoms with Gasteiger partial charge in [-0.05, 0) is 18.2 Å². The predicted molar refractivity (Wildman–Crippen MR) is 77.8 cm³/mol. The van der Waals surface area contributed by atoms with Gasteiger partial charge in [-0.15, -0.1) is 0 Å². The minimum atomic E-state index is 0.535. The lowest BCUT2D eigenvalue weighted by Crippen LogP contribution is -1.98. The van der Waals surface area contributed by atoms with Gasteiger partial charge in [0.2, 0.25) is 5.89 Å². The van der Waals surface area contributed by atoms with Crippen LogP contribution in [0.25, 0.3) is 10.2 Å². The van der Waals surface area contributed by atoms with E-state index in [4.69, 9.17) is 16.0 Å². The highest BCUT2D eigenvalue weighted by molar-refractivity contribution is 7.22. The molecule has 1 N–H and O–H groups in total. The first-order valence-corrected chi connectivity index (χ1v) is 7.17. The third-order valence-corrected chi connectivity index (χ3v) is 3.90. The number of halogens is 1. The van der Waals surface area contributed by atoms with Crippen LogP contribution in [-0.4, -0.2) is 9.97 Å². The SMILES string of the molecule is CCc1cnc(CNc2nc3ccc(Cl)cc3s2)o1. The second-order valence-corrected chi connectivity index (χ2v) is 5.53. The number of nitrogens with zero attached hydrogens (tertiary/aromatic N) is 2. The number of rotatable bonds is 4. The molecule has 0 aliphatic heterocycles. The van der Waals surface area contributed by atoms with E-state index in [1.807, 2.05) is 25.1 Å². The van der Waals surface area contributed by atoms with Crippen molar-refractivity contribution in [2.75, 3.05) is 5.32 Å². The molecule has 0 aliphatic rings. The molecule has 2 heterocycles. The van der Waals surface area contributed by atoms with Crippen LogP contribution in [0.3, 0.4) is 0 Å². The highest BCUT2D eigenvalue weighted by Crippen LogP contribution is 2.28. The maximum atomic E-state index is 5.95. The van der Waals surface area contributed by atoms with Crippen molar-refractivity contribution >= 4 is 38.3 Å². The van der Waals surface area contributed by atoms with Crippen LogP contribution in [0, 0.1) is 0 Å². The number of fused-ring (bicyclic) bond motifs is 1. The van der Waals surface area contributed by atoms with Crippen LogP contribution in [0.2, 0.25) is 5.02 Å². The first-order valence-electron chi connectivity index (χ1n) is 5.98. The van der Waals surface area contributed by atoms with E-state index in [2.05, 4.69) is 15.3 Å². The molecule has 3 rings (SSSR count). The van der Waals surface area contributed by atoms with Crippen LogP contribution in [0.4, 0.5) is 5.13 Å². The molecule has 3 aromatic rings. The Morgan fingerprint density at radius 2 is 2.32 bits per heavy atom. The van der Waals surface area contributed by atoms with E-state index in [0.29, 0.717) is 12.4 Å². The summed E-state index contributed by atoms with van der Waals surface area (Å²) in [5.41, 5.74) is 0.943. The van der Waals surface area contributed by atoms with Gasteiger partial charge in [0.25, 0.3) is 0 Å². The number of nitrogens with one attached hydrogen (secondary N) is 1. The molecule has 1 aromatic carbocycles. The summed E-state index contributed by atoms with van der Waals surface area (Å²) < 4.78 is 6.60. The van der Waals surface area contributed by atoms with E-state index < -0.39 is 0 Å². The van der Waals surface area contributed by atoms with Gasteiger partial charge in [0.1, 0.15) is 5.76 Å². The van der Waals surface area contributed by atoms with Gasteiger partial charge in [0, 0.05) is 11.4 Å². The Bertz CT molecular complexity index is 707. The van der Waals surface area contributed by atoms with Crippen molar-refractivity contribution in [3.05, 3.63) is 41.1 Å². The number of oxazole rings is 1. The Morgan fingerprint density at radius 3 is 3.11 bits per heavy atom. The molecule has 6 heteroatoms.